The normalized spacial score (nSPS) is 17.7. The number of likely N-dealkylation sites (tertiary alicyclic amines) is 1. The maximum Gasteiger partial charge on any atom is 0.310 e. The van der Waals surface area contributed by atoms with Crippen molar-refractivity contribution in [2.75, 3.05) is 39.9 Å². The van der Waals surface area contributed by atoms with Gasteiger partial charge in [-0.2, -0.15) is 0 Å². The molecule has 0 spiro atoms. The van der Waals surface area contributed by atoms with Crippen LogP contribution in [0.3, 0.4) is 0 Å². The SMILES string of the molecule is CCOC(=O)C1CCCN(C(=NC)NCCCOc2ccc(F)cc2)C1. The first-order chi connectivity index (χ1) is 12.6. The third-order valence-corrected chi connectivity index (χ3v) is 4.24. The van der Waals surface area contributed by atoms with Gasteiger partial charge in [0.2, 0.25) is 0 Å². The van der Waals surface area contributed by atoms with Crippen molar-refractivity contribution in [3.05, 3.63) is 30.1 Å². The van der Waals surface area contributed by atoms with Crippen LogP contribution in [0.5, 0.6) is 5.75 Å². The van der Waals surface area contributed by atoms with Crippen molar-refractivity contribution in [2.24, 2.45) is 10.9 Å². The number of carbonyl (C=O) groups is 1. The summed E-state index contributed by atoms with van der Waals surface area (Å²) in [6.07, 6.45) is 2.58. The molecule has 0 bridgehead atoms. The van der Waals surface area contributed by atoms with Crippen molar-refractivity contribution >= 4 is 11.9 Å². The van der Waals surface area contributed by atoms with Gasteiger partial charge in [-0.1, -0.05) is 0 Å². The molecule has 0 aliphatic carbocycles. The number of halogens is 1. The Bertz CT molecular complexity index is 592. The van der Waals surface area contributed by atoms with Gasteiger partial charge in [0.05, 0.1) is 19.1 Å². The van der Waals surface area contributed by atoms with Crippen LogP contribution >= 0.6 is 0 Å². The van der Waals surface area contributed by atoms with Crippen molar-refractivity contribution in [1.29, 1.82) is 0 Å². The van der Waals surface area contributed by atoms with Gasteiger partial charge in [0.25, 0.3) is 0 Å². The Kier molecular flexibility index (Phi) is 8.18. The lowest BCUT2D eigenvalue weighted by molar-refractivity contribution is -0.149. The van der Waals surface area contributed by atoms with Gasteiger partial charge in [0.1, 0.15) is 11.6 Å². The lowest BCUT2D eigenvalue weighted by Crippen LogP contribution is -2.48. The second-order valence-corrected chi connectivity index (χ2v) is 6.17. The van der Waals surface area contributed by atoms with E-state index in [1.54, 1.807) is 19.2 Å². The van der Waals surface area contributed by atoms with E-state index < -0.39 is 0 Å². The molecule has 1 aromatic carbocycles. The van der Waals surface area contributed by atoms with Gasteiger partial charge < -0.3 is 19.7 Å². The molecule has 0 aromatic heterocycles. The molecule has 26 heavy (non-hydrogen) atoms. The summed E-state index contributed by atoms with van der Waals surface area (Å²) in [7, 11) is 1.74. The van der Waals surface area contributed by atoms with Crippen LogP contribution < -0.4 is 10.1 Å². The maximum absolute atomic E-state index is 12.8. The van der Waals surface area contributed by atoms with E-state index >= 15 is 0 Å². The predicted octanol–water partition coefficient (Wildman–Crippen LogP) is 2.45. The van der Waals surface area contributed by atoms with Crippen LogP contribution in [0.2, 0.25) is 0 Å². The minimum Gasteiger partial charge on any atom is -0.494 e. The predicted molar refractivity (Wildman–Crippen MR) is 98.8 cm³/mol. The Morgan fingerprint density at radius 3 is 2.85 bits per heavy atom. The monoisotopic (exact) mass is 365 g/mol. The van der Waals surface area contributed by atoms with Crippen LogP contribution in [-0.4, -0.2) is 56.7 Å². The van der Waals surface area contributed by atoms with E-state index in [4.69, 9.17) is 9.47 Å². The minimum atomic E-state index is -0.273. The first kappa shape index (κ1) is 20.0. The average molecular weight is 365 g/mol. The number of ether oxygens (including phenoxy) is 2. The Morgan fingerprint density at radius 2 is 2.15 bits per heavy atom. The quantitative estimate of drug-likeness (QED) is 0.348. The van der Waals surface area contributed by atoms with Crippen LogP contribution in [-0.2, 0) is 9.53 Å². The van der Waals surface area contributed by atoms with Crippen molar-refractivity contribution in [2.45, 2.75) is 26.2 Å². The molecular formula is C19H28FN3O3. The molecule has 0 amide bonds. The molecule has 1 N–H and O–H groups in total. The lowest BCUT2D eigenvalue weighted by atomic mass is 9.98. The number of hydrogen-bond donors (Lipinski definition) is 1. The zero-order chi connectivity index (χ0) is 18.8. The number of esters is 1. The standard InChI is InChI=1S/C19H28FN3O3/c1-3-25-18(24)15-6-4-12-23(14-15)19(21-2)22-11-5-13-26-17-9-7-16(20)8-10-17/h7-10,15H,3-6,11-14H2,1-2H3,(H,21,22). The topological polar surface area (TPSA) is 63.2 Å². The molecule has 1 heterocycles. The summed E-state index contributed by atoms with van der Waals surface area (Å²) in [6.45, 7) is 4.98. The van der Waals surface area contributed by atoms with E-state index in [2.05, 4.69) is 15.2 Å². The van der Waals surface area contributed by atoms with Gasteiger partial charge in [-0.15, -0.1) is 0 Å². The fourth-order valence-electron chi connectivity index (χ4n) is 2.95. The molecule has 1 fully saturated rings. The second kappa shape index (κ2) is 10.6. The Labute approximate surface area is 154 Å². The summed E-state index contributed by atoms with van der Waals surface area (Å²) < 4.78 is 23.6. The van der Waals surface area contributed by atoms with Crippen molar-refractivity contribution in [3.63, 3.8) is 0 Å². The van der Waals surface area contributed by atoms with E-state index in [9.17, 15) is 9.18 Å². The number of benzene rings is 1. The average Bonchev–Trinajstić information content (AvgIpc) is 2.66. The molecule has 1 aliphatic heterocycles. The van der Waals surface area contributed by atoms with Crippen molar-refractivity contribution in [1.82, 2.24) is 10.2 Å². The highest BCUT2D eigenvalue weighted by molar-refractivity contribution is 5.81. The lowest BCUT2D eigenvalue weighted by Gasteiger charge is -2.33. The van der Waals surface area contributed by atoms with Crippen LogP contribution in [0.1, 0.15) is 26.2 Å². The van der Waals surface area contributed by atoms with Crippen molar-refractivity contribution < 1.29 is 18.7 Å². The van der Waals surface area contributed by atoms with E-state index in [0.29, 0.717) is 32.1 Å². The summed E-state index contributed by atoms with van der Waals surface area (Å²) >= 11 is 0. The van der Waals surface area contributed by atoms with Gasteiger partial charge >= 0.3 is 5.97 Å². The molecule has 7 heteroatoms. The Hall–Kier alpha value is -2.31. The second-order valence-electron chi connectivity index (χ2n) is 6.17. The summed E-state index contributed by atoms with van der Waals surface area (Å²) in [5, 5.41) is 3.31. The first-order valence-corrected chi connectivity index (χ1v) is 9.14. The maximum atomic E-state index is 12.8. The molecule has 0 radical (unpaired) electrons. The molecule has 2 rings (SSSR count). The number of nitrogens with zero attached hydrogens (tertiary/aromatic N) is 2. The number of piperidine rings is 1. The highest BCUT2D eigenvalue weighted by atomic mass is 19.1. The molecule has 1 saturated heterocycles. The molecular weight excluding hydrogens is 337 g/mol. The third-order valence-electron chi connectivity index (χ3n) is 4.24. The van der Waals surface area contributed by atoms with Crippen molar-refractivity contribution in [3.8, 4) is 5.75 Å². The molecule has 1 atom stereocenters. The van der Waals surface area contributed by atoms with Crippen LogP contribution in [0, 0.1) is 11.7 Å². The van der Waals surface area contributed by atoms with Gasteiger partial charge in [-0.3, -0.25) is 9.79 Å². The molecule has 1 unspecified atom stereocenters. The first-order valence-electron chi connectivity index (χ1n) is 9.14. The highest BCUT2D eigenvalue weighted by Gasteiger charge is 2.28. The van der Waals surface area contributed by atoms with Gasteiger partial charge in [0.15, 0.2) is 5.96 Å². The van der Waals surface area contributed by atoms with Crippen LogP contribution in [0.25, 0.3) is 0 Å². The molecule has 1 aromatic rings. The fraction of sp³-hybridized carbons (Fsp3) is 0.579. The molecule has 6 nitrogen and oxygen atoms in total. The Morgan fingerprint density at radius 1 is 1.38 bits per heavy atom. The van der Waals surface area contributed by atoms with Gasteiger partial charge in [-0.05, 0) is 50.5 Å². The van der Waals surface area contributed by atoms with E-state index in [1.165, 1.54) is 12.1 Å². The molecule has 0 saturated carbocycles. The van der Waals surface area contributed by atoms with E-state index in [-0.39, 0.29) is 17.7 Å². The number of rotatable bonds is 7. The zero-order valence-corrected chi connectivity index (χ0v) is 15.5. The summed E-state index contributed by atoms with van der Waals surface area (Å²) in [4.78, 5) is 18.4. The van der Waals surface area contributed by atoms with Gasteiger partial charge in [0, 0.05) is 26.7 Å². The number of nitrogens with one attached hydrogen (secondary N) is 1. The zero-order valence-electron chi connectivity index (χ0n) is 15.5. The molecule has 144 valence electrons. The fourth-order valence-corrected chi connectivity index (χ4v) is 2.95. The van der Waals surface area contributed by atoms with Gasteiger partial charge in [-0.25, -0.2) is 4.39 Å². The summed E-state index contributed by atoms with van der Waals surface area (Å²) in [6, 6.07) is 5.99. The number of carbonyl (C=O) groups excluding carboxylic acids is 1. The Balaban J connectivity index is 1.71. The number of guanidine groups is 1. The van der Waals surface area contributed by atoms with E-state index in [0.717, 1.165) is 31.8 Å². The minimum absolute atomic E-state index is 0.0935. The smallest absolute Gasteiger partial charge is 0.310 e. The van der Waals surface area contributed by atoms with E-state index in [1.807, 2.05) is 6.92 Å². The summed E-state index contributed by atoms with van der Waals surface area (Å²) in [5.74, 6) is 0.958. The number of hydrogen-bond acceptors (Lipinski definition) is 4. The third kappa shape index (κ3) is 6.20. The largest absolute Gasteiger partial charge is 0.494 e. The van der Waals surface area contributed by atoms with Crippen LogP contribution in [0.15, 0.2) is 29.3 Å². The highest BCUT2D eigenvalue weighted by Crippen LogP contribution is 2.18. The molecule has 1 aliphatic rings. The summed E-state index contributed by atoms with van der Waals surface area (Å²) in [5.41, 5.74) is 0. The number of aliphatic imine (C=N–C) groups is 1. The van der Waals surface area contributed by atoms with Crippen LogP contribution in [0.4, 0.5) is 4.39 Å².